The summed E-state index contributed by atoms with van der Waals surface area (Å²) in [5.41, 5.74) is 5.48. The highest BCUT2D eigenvalue weighted by Gasteiger charge is 2.17. The van der Waals surface area contributed by atoms with Crippen LogP contribution in [0.4, 0.5) is 0 Å². The van der Waals surface area contributed by atoms with Crippen LogP contribution < -0.4 is 5.73 Å². The van der Waals surface area contributed by atoms with Gasteiger partial charge in [0.1, 0.15) is 0 Å². The third kappa shape index (κ3) is 4.40. The van der Waals surface area contributed by atoms with Crippen LogP contribution in [0.5, 0.6) is 0 Å². The number of nitrogens with zero attached hydrogens (tertiary/aromatic N) is 1. The number of hydrogen-bond donors (Lipinski definition) is 2. The molecule has 0 bridgehead atoms. The van der Waals surface area contributed by atoms with Gasteiger partial charge in [0.15, 0.2) is 0 Å². The Morgan fingerprint density at radius 3 is 2.50 bits per heavy atom. The monoisotopic (exact) mass is 200 g/mol. The number of piperidine rings is 1. The molecule has 3 N–H and O–H groups in total. The van der Waals surface area contributed by atoms with Crippen LogP contribution in [0.25, 0.3) is 0 Å². The summed E-state index contributed by atoms with van der Waals surface area (Å²) in [6.45, 7) is 5.66. The third-order valence-electron chi connectivity index (χ3n) is 3.03. The highest BCUT2D eigenvalue weighted by molar-refractivity contribution is 4.77. The Kier molecular flexibility index (Phi) is 4.85. The summed E-state index contributed by atoms with van der Waals surface area (Å²) in [7, 11) is 0. The summed E-state index contributed by atoms with van der Waals surface area (Å²) in [4.78, 5) is 2.51. The molecule has 1 aliphatic rings. The highest BCUT2D eigenvalue weighted by atomic mass is 16.3. The van der Waals surface area contributed by atoms with E-state index in [1.165, 1.54) is 32.4 Å². The molecule has 1 heterocycles. The fourth-order valence-electron chi connectivity index (χ4n) is 1.97. The first kappa shape index (κ1) is 12.0. The number of aliphatic hydroxyl groups is 1. The maximum Gasteiger partial charge on any atom is 0.0608 e. The lowest BCUT2D eigenvalue weighted by Crippen LogP contribution is -2.41. The van der Waals surface area contributed by atoms with Crippen LogP contribution in [0.15, 0.2) is 0 Å². The predicted molar refractivity (Wildman–Crippen MR) is 59.2 cm³/mol. The van der Waals surface area contributed by atoms with E-state index in [1.54, 1.807) is 0 Å². The molecule has 0 amide bonds. The van der Waals surface area contributed by atoms with Crippen molar-refractivity contribution in [2.24, 2.45) is 5.73 Å². The SMILES string of the molecule is CC(N)(CO)CCCN1CCCCC1. The standard InChI is InChI=1S/C11H24N2O/c1-11(12,10-14)6-5-9-13-7-3-2-4-8-13/h14H,2-10,12H2,1H3. The van der Waals surface area contributed by atoms with Gasteiger partial charge >= 0.3 is 0 Å². The van der Waals surface area contributed by atoms with E-state index in [2.05, 4.69) is 4.90 Å². The Hall–Kier alpha value is -0.120. The summed E-state index contributed by atoms with van der Waals surface area (Å²) < 4.78 is 0. The Labute approximate surface area is 87.3 Å². The molecular formula is C11H24N2O. The van der Waals surface area contributed by atoms with Gasteiger partial charge < -0.3 is 15.7 Å². The zero-order valence-electron chi connectivity index (χ0n) is 9.34. The van der Waals surface area contributed by atoms with Crippen molar-refractivity contribution in [1.82, 2.24) is 4.90 Å². The van der Waals surface area contributed by atoms with Gasteiger partial charge in [-0.25, -0.2) is 0 Å². The molecule has 3 heteroatoms. The average molecular weight is 200 g/mol. The van der Waals surface area contributed by atoms with E-state index in [1.807, 2.05) is 6.92 Å². The quantitative estimate of drug-likeness (QED) is 0.695. The molecule has 0 aromatic carbocycles. The summed E-state index contributed by atoms with van der Waals surface area (Å²) in [6, 6.07) is 0. The Morgan fingerprint density at radius 2 is 1.93 bits per heavy atom. The number of rotatable bonds is 5. The Bertz CT molecular complexity index is 153. The lowest BCUT2D eigenvalue weighted by atomic mass is 9.98. The zero-order chi connectivity index (χ0) is 10.4. The first-order chi connectivity index (χ1) is 6.64. The van der Waals surface area contributed by atoms with Crippen LogP contribution in [0.1, 0.15) is 39.0 Å². The van der Waals surface area contributed by atoms with Gasteiger partial charge in [-0.1, -0.05) is 6.42 Å². The van der Waals surface area contributed by atoms with Crippen LogP contribution in [0, 0.1) is 0 Å². The third-order valence-corrected chi connectivity index (χ3v) is 3.03. The highest BCUT2D eigenvalue weighted by Crippen LogP contribution is 2.12. The van der Waals surface area contributed by atoms with E-state index < -0.39 is 0 Å². The van der Waals surface area contributed by atoms with Crippen molar-refractivity contribution in [3.63, 3.8) is 0 Å². The van der Waals surface area contributed by atoms with Crippen LogP contribution >= 0.6 is 0 Å². The fourth-order valence-corrected chi connectivity index (χ4v) is 1.97. The van der Waals surface area contributed by atoms with Crippen molar-refractivity contribution in [2.75, 3.05) is 26.2 Å². The van der Waals surface area contributed by atoms with Crippen LogP contribution in [-0.4, -0.2) is 41.8 Å². The Balaban J connectivity index is 2.08. The van der Waals surface area contributed by atoms with E-state index in [0.29, 0.717) is 0 Å². The van der Waals surface area contributed by atoms with E-state index in [0.717, 1.165) is 19.4 Å². The summed E-state index contributed by atoms with van der Waals surface area (Å²) >= 11 is 0. The maximum atomic E-state index is 8.99. The lowest BCUT2D eigenvalue weighted by molar-refractivity contribution is 0.180. The first-order valence-electron chi connectivity index (χ1n) is 5.76. The second-order valence-electron chi connectivity index (χ2n) is 4.82. The molecule has 0 saturated carbocycles. The molecule has 0 aromatic heterocycles. The van der Waals surface area contributed by atoms with Gasteiger partial charge in [0, 0.05) is 5.54 Å². The van der Waals surface area contributed by atoms with Gasteiger partial charge in [-0.15, -0.1) is 0 Å². The zero-order valence-corrected chi connectivity index (χ0v) is 9.34. The minimum Gasteiger partial charge on any atom is -0.394 e. The van der Waals surface area contributed by atoms with Crippen molar-refractivity contribution in [2.45, 2.75) is 44.6 Å². The molecule has 1 atom stereocenters. The molecule has 0 aromatic rings. The smallest absolute Gasteiger partial charge is 0.0608 e. The van der Waals surface area contributed by atoms with Gasteiger partial charge in [-0.3, -0.25) is 0 Å². The molecule has 1 aliphatic heterocycles. The number of hydrogen-bond acceptors (Lipinski definition) is 3. The summed E-state index contributed by atoms with van der Waals surface area (Å²) in [5, 5.41) is 8.99. The molecular weight excluding hydrogens is 176 g/mol. The Morgan fingerprint density at radius 1 is 1.29 bits per heavy atom. The maximum absolute atomic E-state index is 8.99. The molecule has 1 fully saturated rings. The minimum atomic E-state index is -0.379. The van der Waals surface area contributed by atoms with Crippen molar-refractivity contribution >= 4 is 0 Å². The molecule has 1 saturated heterocycles. The number of nitrogens with two attached hydrogens (primary N) is 1. The molecule has 84 valence electrons. The minimum absolute atomic E-state index is 0.0903. The lowest BCUT2D eigenvalue weighted by Gasteiger charge is -2.28. The van der Waals surface area contributed by atoms with Crippen LogP contribution in [0.2, 0.25) is 0 Å². The van der Waals surface area contributed by atoms with Crippen molar-refractivity contribution in [3.05, 3.63) is 0 Å². The molecule has 0 radical (unpaired) electrons. The average Bonchev–Trinajstić information content (AvgIpc) is 2.19. The number of aliphatic hydroxyl groups excluding tert-OH is 1. The van der Waals surface area contributed by atoms with Gasteiger partial charge in [-0.2, -0.15) is 0 Å². The summed E-state index contributed by atoms with van der Waals surface area (Å²) in [5.74, 6) is 0. The first-order valence-corrected chi connectivity index (χ1v) is 5.76. The summed E-state index contributed by atoms with van der Waals surface area (Å²) in [6.07, 6.45) is 6.11. The van der Waals surface area contributed by atoms with E-state index in [-0.39, 0.29) is 12.1 Å². The molecule has 0 spiro atoms. The molecule has 0 aliphatic carbocycles. The topological polar surface area (TPSA) is 49.5 Å². The van der Waals surface area contributed by atoms with E-state index >= 15 is 0 Å². The van der Waals surface area contributed by atoms with Crippen molar-refractivity contribution in [1.29, 1.82) is 0 Å². The van der Waals surface area contributed by atoms with E-state index in [4.69, 9.17) is 10.8 Å². The van der Waals surface area contributed by atoms with Gasteiger partial charge in [0.2, 0.25) is 0 Å². The molecule has 14 heavy (non-hydrogen) atoms. The molecule has 1 unspecified atom stereocenters. The second-order valence-corrected chi connectivity index (χ2v) is 4.82. The van der Waals surface area contributed by atoms with E-state index in [9.17, 15) is 0 Å². The van der Waals surface area contributed by atoms with Crippen LogP contribution in [0.3, 0.4) is 0 Å². The predicted octanol–water partition coefficient (Wildman–Crippen LogP) is 0.962. The normalized spacial score (nSPS) is 23.4. The second kappa shape index (κ2) is 5.69. The van der Waals surface area contributed by atoms with Crippen molar-refractivity contribution < 1.29 is 5.11 Å². The van der Waals surface area contributed by atoms with Crippen molar-refractivity contribution in [3.8, 4) is 0 Å². The van der Waals surface area contributed by atoms with Crippen LogP contribution in [-0.2, 0) is 0 Å². The molecule has 1 rings (SSSR count). The van der Waals surface area contributed by atoms with Gasteiger partial charge in [0.05, 0.1) is 6.61 Å². The van der Waals surface area contributed by atoms with Gasteiger partial charge in [-0.05, 0) is 52.2 Å². The molecule has 3 nitrogen and oxygen atoms in total. The van der Waals surface area contributed by atoms with Gasteiger partial charge in [0.25, 0.3) is 0 Å². The largest absolute Gasteiger partial charge is 0.394 e. The fraction of sp³-hybridized carbons (Fsp3) is 1.00. The number of likely N-dealkylation sites (tertiary alicyclic amines) is 1.